The summed E-state index contributed by atoms with van der Waals surface area (Å²) >= 11 is 0. The number of hydrogen-bond donors (Lipinski definition) is 2. The van der Waals surface area contributed by atoms with E-state index < -0.39 is 4.92 Å². The average Bonchev–Trinajstić information content (AvgIpc) is 2.15. The predicted molar refractivity (Wildman–Crippen MR) is 47.8 cm³/mol. The molecule has 0 saturated carbocycles. The number of hydrazine groups is 1. The first-order valence-electron chi connectivity index (χ1n) is 3.63. The van der Waals surface area contributed by atoms with Gasteiger partial charge < -0.3 is 10.2 Å². The molecule has 1 rings (SSSR count). The molecule has 1 heterocycles. The van der Waals surface area contributed by atoms with Crippen LogP contribution in [0.4, 0.5) is 11.5 Å². The summed E-state index contributed by atoms with van der Waals surface area (Å²) in [4.78, 5) is 17.5. The fourth-order valence-corrected chi connectivity index (χ4v) is 0.948. The fraction of sp³-hybridized carbons (Fsp3) is 0.333. The minimum Gasteiger partial charge on any atom is -0.476 e. The third-order valence-electron chi connectivity index (χ3n) is 1.48. The first-order chi connectivity index (χ1) is 6.60. The van der Waals surface area contributed by atoms with Gasteiger partial charge in [-0.1, -0.05) is 0 Å². The molecule has 1 aromatic heterocycles. The molecule has 0 unspecified atom stereocenters. The van der Waals surface area contributed by atoms with Crippen molar-refractivity contribution in [1.82, 2.24) is 9.97 Å². The Balaban J connectivity index is 3.40. The maximum Gasteiger partial charge on any atom is 0.374 e. The van der Waals surface area contributed by atoms with Crippen LogP contribution < -0.4 is 16.0 Å². The molecule has 76 valence electrons. The number of nitrogens with zero attached hydrogens (tertiary/aromatic N) is 3. The Bertz CT molecular complexity index is 341. The summed E-state index contributed by atoms with van der Waals surface area (Å²) in [5.41, 5.74) is 1.75. The lowest BCUT2D eigenvalue weighted by molar-refractivity contribution is -0.385. The second kappa shape index (κ2) is 3.83. The molecule has 8 heteroatoms. The summed E-state index contributed by atoms with van der Waals surface area (Å²) in [6, 6.07) is 0. The zero-order valence-corrected chi connectivity index (χ0v) is 7.64. The van der Waals surface area contributed by atoms with E-state index in [4.69, 9.17) is 10.6 Å². The van der Waals surface area contributed by atoms with Crippen LogP contribution in [-0.4, -0.2) is 22.0 Å². The summed E-state index contributed by atoms with van der Waals surface area (Å²) in [6.07, 6.45) is 0. The van der Waals surface area contributed by atoms with Crippen LogP contribution >= 0.6 is 0 Å². The molecule has 3 N–H and O–H groups in total. The highest BCUT2D eigenvalue weighted by Gasteiger charge is 2.24. The van der Waals surface area contributed by atoms with Crippen LogP contribution in [0.5, 0.6) is 5.88 Å². The Morgan fingerprint density at radius 1 is 1.57 bits per heavy atom. The number of nitrogens with one attached hydrogen (secondary N) is 1. The molecule has 0 radical (unpaired) electrons. The Morgan fingerprint density at radius 3 is 2.64 bits per heavy atom. The van der Waals surface area contributed by atoms with Gasteiger partial charge >= 0.3 is 5.69 Å². The second-order valence-corrected chi connectivity index (χ2v) is 2.38. The molecule has 0 aliphatic heterocycles. The highest BCUT2D eigenvalue weighted by atomic mass is 16.6. The van der Waals surface area contributed by atoms with Gasteiger partial charge in [-0.2, -0.15) is 4.98 Å². The summed E-state index contributed by atoms with van der Waals surface area (Å²) in [7, 11) is 1.29. The van der Waals surface area contributed by atoms with Crippen LogP contribution in [0.1, 0.15) is 5.82 Å². The minimum absolute atomic E-state index is 0.0700. The van der Waals surface area contributed by atoms with Crippen LogP contribution in [0.25, 0.3) is 0 Å². The molecule has 0 saturated heterocycles. The molecule has 0 aliphatic carbocycles. The Labute approximate surface area is 79.2 Å². The van der Waals surface area contributed by atoms with E-state index in [1.807, 2.05) is 0 Å². The number of nitrogens with two attached hydrogens (primary N) is 1. The number of ether oxygens (including phenoxy) is 1. The zero-order valence-electron chi connectivity index (χ0n) is 7.64. The minimum atomic E-state index is -0.659. The quantitative estimate of drug-likeness (QED) is 0.399. The molecule has 0 aliphatic rings. The molecule has 8 nitrogen and oxygen atoms in total. The van der Waals surface area contributed by atoms with E-state index in [0.29, 0.717) is 5.82 Å². The third-order valence-corrected chi connectivity index (χ3v) is 1.48. The van der Waals surface area contributed by atoms with E-state index in [9.17, 15) is 10.1 Å². The molecular weight excluding hydrogens is 190 g/mol. The smallest absolute Gasteiger partial charge is 0.374 e. The average molecular weight is 199 g/mol. The van der Waals surface area contributed by atoms with Crippen molar-refractivity contribution >= 4 is 11.5 Å². The van der Waals surface area contributed by atoms with Gasteiger partial charge in [-0.25, -0.2) is 10.8 Å². The van der Waals surface area contributed by atoms with Crippen molar-refractivity contribution < 1.29 is 9.66 Å². The van der Waals surface area contributed by atoms with Gasteiger partial charge in [0.2, 0.25) is 5.82 Å². The maximum atomic E-state index is 10.6. The summed E-state index contributed by atoms with van der Waals surface area (Å²) < 4.78 is 4.74. The van der Waals surface area contributed by atoms with E-state index in [1.165, 1.54) is 7.11 Å². The van der Waals surface area contributed by atoms with Gasteiger partial charge in [0.1, 0.15) is 5.82 Å². The van der Waals surface area contributed by atoms with Crippen molar-refractivity contribution in [3.05, 3.63) is 15.9 Å². The number of methoxy groups -OCH3 is 1. The number of aromatic nitrogens is 2. The molecule has 0 aromatic carbocycles. The van der Waals surface area contributed by atoms with E-state index in [-0.39, 0.29) is 17.4 Å². The van der Waals surface area contributed by atoms with E-state index in [1.54, 1.807) is 6.92 Å². The number of hydrogen-bond acceptors (Lipinski definition) is 7. The molecule has 0 bridgehead atoms. The molecule has 0 amide bonds. The lowest BCUT2D eigenvalue weighted by atomic mass is 10.4. The molecule has 14 heavy (non-hydrogen) atoms. The molecule has 0 spiro atoms. The van der Waals surface area contributed by atoms with Crippen LogP contribution in [0.2, 0.25) is 0 Å². The molecule has 1 aromatic rings. The van der Waals surface area contributed by atoms with Crippen LogP contribution in [0.3, 0.4) is 0 Å². The number of rotatable bonds is 3. The molecular formula is C6H9N5O3. The Kier molecular flexibility index (Phi) is 2.77. The summed E-state index contributed by atoms with van der Waals surface area (Å²) in [6.45, 7) is 1.58. The zero-order chi connectivity index (χ0) is 10.7. The van der Waals surface area contributed by atoms with Crippen LogP contribution in [0.15, 0.2) is 0 Å². The van der Waals surface area contributed by atoms with Gasteiger partial charge in [0, 0.05) is 0 Å². The summed E-state index contributed by atoms with van der Waals surface area (Å²) in [5.74, 6) is 5.23. The van der Waals surface area contributed by atoms with Crippen molar-refractivity contribution in [1.29, 1.82) is 0 Å². The summed E-state index contributed by atoms with van der Waals surface area (Å²) in [5, 5.41) is 10.6. The van der Waals surface area contributed by atoms with Crippen LogP contribution in [-0.2, 0) is 0 Å². The van der Waals surface area contributed by atoms with Gasteiger partial charge in [0.25, 0.3) is 5.88 Å². The Morgan fingerprint density at radius 2 is 2.21 bits per heavy atom. The molecule has 0 atom stereocenters. The number of nitro groups is 1. The lowest BCUT2D eigenvalue weighted by Crippen LogP contribution is -2.13. The first-order valence-corrected chi connectivity index (χ1v) is 3.63. The third kappa shape index (κ3) is 1.69. The monoisotopic (exact) mass is 199 g/mol. The standard InChI is InChI=1S/C6H9N5O3/c1-3-8-5(10-7)4(11(12)13)6(9-3)14-2/h7H2,1-2H3,(H,8,9,10). The maximum absolute atomic E-state index is 10.6. The predicted octanol–water partition coefficient (Wildman–Crippen LogP) is -0.0126. The van der Waals surface area contributed by atoms with E-state index >= 15 is 0 Å². The largest absolute Gasteiger partial charge is 0.476 e. The highest BCUT2D eigenvalue weighted by molar-refractivity contribution is 5.60. The van der Waals surface area contributed by atoms with Gasteiger partial charge in [-0.3, -0.25) is 10.1 Å². The van der Waals surface area contributed by atoms with E-state index in [2.05, 4.69) is 15.4 Å². The van der Waals surface area contributed by atoms with Gasteiger partial charge in [-0.05, 0) is 6.92 Å². The Hall–Kier alpha value is -1.96. The van der Waals surface area contributed by atoms with E-state index in [0.717, 1.165) is 0 Å². The number of anilines is 1. The number of aryl methyl sites for hydroxylation is 1. The van der Waals surface area contributed by atoms with Crippen molar-refractivity contribution in [2.75, 3.05) is 12.5 Å². The van der Waals surface area contributed by atoms with Gasteiger partial charge in [0.05, 0.1) is 12.0 Å². The van der Waals surface area contributed by atoms with Crippen molar-refractivity contribution in [3.8, 4) is 5.88 Å². The second-order valence-electron chi connectivity index (χ2n) is 2.38. The van der Waals surface area contributed by atoms with Gasteiger partial charge in [-0.15, -0.1) is 0 Å². The van der Waals surface area contributed by atoms with Crippen molar-refractivity contribution in [2.45, 2.75) is 6.92 Å². The molecule has 0 fully saturated rings. The van der Waals surface area contributed by atoms with Gasteiger partial charge in [0.15, 0.2) is 0 Å². The fourth-order valence-electron chi connectivity index (χ4n) is 0.948. The lowest BCUT2D eigenvalue weighted by Gasteiger charge is -2.05. The van der Waals surface area contributed by atoms with Crippen LogP contribution in [0, 0.1) is 17.0 Å². The SMILES string of the molecule is COc1nc(C)nc(NN)c1[N+](=O)[O-]. The number of nitrogen functional groups attached to an aromatic ring is 1. The normalized spacial score (nSPS) is 9.64. The van der Waals surface area contributed by atoms with Crippen molar-refractivity contribution in [3.63, 3.8) is 0 Å². The topological polar surface area (TPSA) is 116 Å². The first kappa shape index (κ1) is 10.1. The van der Waals surface area contributed by atoms with Crippen molar-refractivity contribution in [2.24, 2.45) is 5.84 Å². The highest BCUT2D eigenvalue weighted by Crippen LogP contribution is 2.30.